The summed E-state index contributed by atoms with van der Waals surface area (Å²) in [6, 6.07) is 4.59. The second-order valence-electron chi connectivity index (χ2n) is 6.12. The molecule has 1 aromatic rings. The molecule has 0 fully saturated rings. The highest BCUT2D eigenvalue weighted by molar-refractivity contribution is 6.26. The summed E-state index contributed by atoms with van der Waals surface area (Å²) >= 11 is 0. The maximum absolute atomic E-state index is 12.9. The van der Waals surface area contributed by atoms with Crippen molar-refractivity contribution in [3.05, 3.63) is 53.0 Å². The summed E-state index contributed by atoms with van der Waals surface area (Å²) in [6.45, 7) is 3.73. The van der Waals surface area contributed by atoms with Crippen molar-refractivity contribution < 1.29 is 22.7 Å². The number of hydrogen-bond acceptors (Lipinski definition) is 4. The van der Waals surface area contributed by atoms with Crippen LogP contribution in [0, 0.1) is 0 Å². The van der Waals surface area contributed by atoms with Gasteiger partial charge in [0.2, 0.25) is 5.78 Å². The molecule has 134 valence electrons. The van der Waals surface area contributed by atoms with Crippen LogP contribution in [0.3, 0.4) is 0 Å². The average molecular weight is 352 g/mol. The van der Waals surface area contributed by atoms with Gasteiger partial charge in [0.05, 0.1) is 11.1 Å². The van der Waals surface area contributed by atoms with Gasteiger partial charge in [0.1, 0.15) is 0 Å². The number of ketones is 1. The maximum Gasteiger partial charge on any atom is 0.416 e. The molecule has 1 unspecified atom stereocenters. The van der Waals surface area contributed by atoms with Gasteiger partial charge in [0.15, 0.2) is 12.0 Å². The highest BCUT2D eigenvalue weighted by Gasteiger charge is 2.39. The first-order valence-corrected chi connectivity index (χ1v) is 8.14. The highest BCUT2D eigenvalue weighted by Crippen LogP contribution is 2.36. The van der Waals surface area contributed by atoms with Gasteiger partial charge >= 0.3 is 6.18 Å². The molecule has 0 saturated carbocycles. The van der Waals surface area contributed by atoms with Gasteiger partial charge in [-0.05, 0) is 43.0 Å². The summed E-state index contributed by atoms with van der Waals surface area (Å²) in [4.78, 5) is 14.8. The lowest BCUT2D eigenvalue weighted by Gasteiger charge is -2.27. The number of nitrogens with two attached hydrogens (primary N) is 1. The minimum atomic E-state index is -4.49. The molecule has 0 aliphatic carbocycles. The molecular weight excluding hydrogens is 333 g/mol. The van der Waals surface area contributed by atoms with Gasteiger partial charge in [-0.2, -0.15) is 13.2 Å². The first-order valence-electron chi connectivity index (χ1n) is 8.14. The van der Waals surface area contributed by atoms with Crippen molar-refractivity contribution in [2.24, 2.45) is 5.73 Å². The number of nitrogens with zero attached hydrogens (tertiary/aromatic N) is 1. The van der Waals surface area contributed by atoms with Gasteiger partial charge in [-0.3, -0.25) is 4.79 Å². The monoisotopic (exact) mass is 352 g/mol. The molecular formula is C18H19F3N2O2. The SMILES string of the molecule is CCN1C=C(C2OC(N)=C(c3cccc(C(F)(F)F)c3)C2=O)CCC1. The van der Waals surface area contributed by atoms with Gasteiger partial charge in [-0.15, -0.1) is 0 Å². The molecule has 3 rings (SSSR count). The van der Waals surface area contributed by atoms with Crippen LogP contribution in [0.25, 0.3) is 5.57 Å². The van der Waals surface area contributed by atoms with E-state index in [1.54, 1.807) is 0 Å². The van der Waals surface area contributed by atoms with Crippen LogP contribution in [-0.2, 0) is 15.7 Å². The first-order chi connectivity index (χ1) is 11.8. The molecule has 2 aliphatic rings. The smallest absolute Gasteiger partial charge is 0.416 e. The summed E-state index contributed by atoms with van der Waals surface area (Å²) < 4.78 is 44.3. The van der Waals surface area contributed by atoms with Gasteiger partial charge < -0.3 is 15.4 Å². The average Bonchev–Trinajstić information content (AvgIpc) is 2.89. The largest absolute Gasteiger partial charge is 0.463 e. The van der Waals surface area contributed by atoms with E-state index in [1.165, 1.54) is 12.1 Å². The number of ether oxygens (including phenoxy) is 1. The lowest BCUT2D eigenvalue weighted by atomic mass is 9.93. The van der Waals surface area contributed by atoms with Crippen LogP contribution in [0.5, 0.6) is 0 Å². The van der Waals surface area contributed by atoms with Gasteiger partial charge in [-0.25, -0.2) is 0 Å². The van der Waals surface area contributed by atoms with Crippen LogP contribution in [0.2, 0.25) is 0 Å². The molecule has 1 atom stereocenters. The predicted molar refractivity (Wildman–Crippen MR) is 87.0 cm³/mol. The van der Waals surface area contributed by atoms with Gasteiger partial charge in [0, 0.05) is 19.3 Å². The summed E-state index contributed by atoms with van der Waals surface area (Å²) in [6.07, 6.45) is -1.84. The van der Waals surface area contributed by atoms with E-state index in [4.69, 9.17) is 10.5 Å². The van der Waals surface area contributed by atoms with E-state index >= 15 is 0 Å². The fourth-order valence-electron chi connectivity index (χ4n) is 3.17. The summed E-state index contributed by atoms with van der Waals surface area (Å²) in [5, 5.41) is 0. The van der Waals surface area contributed by atoms with Crippen molar-refractivity contribution in [2.45, 2.75) is 32.0 Å². The predicted octanol–water partition coefficient (Wildman–Crippen LogP) is 3.30. The number of halogens is 3. The summed E-state index contributed by atoms with van der Waals surface area (Å²) in [5.41, 5.74) is 5.97. The van der Waals surface area contributed by atoms with Crippen LogP contribution in [0.15, 0.2) is 41.9 Å². The third-order valence-electron chi connectivity index (χ3n) is 4.46. The molecule has 7 heteroatoms. The molecule has 2 N–H and O–H groups in total. The fraction of sp³-hybridized carbons (Fsp3) is 0.389. The fourth-order valence-corrected chi connectivity index (χ4v) is 3.17. The zero-order valence-electron chi connectivity index (χ0n) is 13.8. The van der Waals surface area contributed by atoms with E-state index in [-0.39, 0.29) is 22.8 Å². The quantitative estimate of drug-likeness (QED) is 0.907. The topological polar surface area (TPSA) is 55.6 Å². The Bertz CT molecular complexity index is 753. The Morgan fingerprint density at radius 2 is 2.12 bits per heavy atom. The molecule has 0 radical (unpaired) electrons. The molecule has 2 aliphatic heterocycles. The summed E-state index contributed by atoms with van der Waals surface area (Å²) in [5.74, 6) is -0.509. The third kappa shape index (κ3) is 3.36. The second-order valence-corrected chi connectivity index (χ2v) is 6.12. The van der Waals surface area contributed by atoms with Crippen LogP contribution < -0.4 is 5.73 Å². The molecule has 1 aromatic carbocycles. The zero-order chi connectivity index (χ0) is 18.2. The number of alkyl halides is 3. The minimum Gasteiger partial charge on any atom is -0.463 e. The molecule has 0 bridgehead atoms. The van der Waals surface area contributed by atoms with E-state index < -0.39 is 17.8 Å². The number of carbonyl (C=O) groups excluding carboxylic acids is 1. The zero-order valence-corrected chi connectivity index (χ0v) is 13.8. The Kier molecular flexibility index (Phi) is 4.49. The molecule has 0 spiro atoms. The second kappa shape index (κ2) is 6.46. The van der Waals surface area contributed by atoms with Crippen molar-refractivity contribution in [1.29, 1.82) is 0 Å². The van der Waals surface area contributed by atoms with Crippen molar-refractivity contribution in [3.8, 4) is 0 Å². The molecule has 4 nitrogen and oxygen atoms in total. The van der Waals surface area contributed by atoms with Crippen LogP contribution in [-0.4, -0.2) is 29.9 Å². The number of hydrogen-bond donors (Lipinski definition) is 1. The molecule has 0 saturated heterocycles. The Morgan fingerprint density at radius 3 is 2.80 bits per heavy atom. The van der Waals surface area contributed by atoms with Crippen molar-refractivity contribution in [2.75, 3.05) is 13.1 Å². The van der Waals surface area contributed by atoms with Crippen molar-refractivity contribution in [3.63, 3.8) is 0 Å². The van der Waals surface area contributed by atoms with E-state index in [9.17, 15) is 18.0 Å². The number of carbonyl (C=O) groups is 1. The number of benzene rings is 1. The van der Waals surface area contributed by atoms with E-state index in [0.29, 0.717) is 6.42 Å². The van der Waals surface area contributed by atoms with Crippen LogP contribution >= 0.6 is 0 Å². The van der Waals surface area contributed by atoms with Crippen LogP contribution in [0.4, 0.5) is 13.2 Å². The Morgan fingerprint density at radius 1 is 1.36 bits per heavy atom. The Hall–Kier alpha value is -2.44. The number of Topliss-reactive ketones (excluding diaryl/α,β-unsaturated/α-hetero) is 1. The van der Waals surface area contributed by atoms with E-state index in [0.717, 1.165) is 37.2 Å². The highest BCUT2D eigenvalue weighted by atomic mass is 19.4. The molecule has 0 amide bonds. The van der Waals surface area contributed by atoms with Crippen LogP contribution in [0.1, 0.15) is 30.9 Å². The molecule has 2 heterocycles. The van der Waals surface area contributed by atoms with E-state index in [2.05, 4.69) is 4.90 Å². The maximum atomic E-state index is 12.9. The van der Waals surface area contributed by atoms with Crippen molar-refractivity contribution in [1.82, 2.24) is 4.90 Å². The Balaban J connectivity index is 1.90. The standard InChI is InChI=1S/C18H19F3N2O2/c1-2-23-8-4-6-12(10-23)16-15(24)14(17(22)25-16)11-5-3-7-13(9-11)18(19,20)21/h3,5,7,9-10,16H,2,4,6,8,22H2,1H3. The first kappa shape index (κ1) is 17.4. The van der Waals surface area contributed by atoms with E-state index in [1.807, 2.05) is 13.1 Å². The minimum absolute atomic E-state index is 0.0191. The lowest BCUT2D eigenvalue weighted by Crippen LogP contribution is -2.29. The molecule has 25 heavy (non-hydrogen) atoms. The third-order valence-corrected chi connectivity index (χ3v) is 4.46. The Labute approximate surface area is 143 Å². The van der Waals surface area contributed by atoms with Gasteiger partial charge in [0.25, 0.3) is 0 Å². The molecule has 0 aromatic heterocycles. The normalized spacial score (nSPS) is 21.4. The van der Waals surface area contributed by atoms with Crippen molar-refractivity contribution >= 4 is 11.4 Å². The number of rotatable bonds is 3. The summed E-state index contributed by atoms with van der Waals surface area (Å²) in [7, 11) is 0. The lowest BCUT2D eigenvalue weighted by molar-refractivity contribution is -0.137. The van der Waals surface area contributed by atoms with Gasteiger partial charge in [-0.1, -0.05) is 12.1 Å².